The maximum Gasteiger partial charge on any atom is 0.137 e. The van der Waals surface area contributed by atoms with E-state index in [0.29, 0.717) is 6.67 Å². The summed E-state index contributed by atoms with van der Waals surface area (Å²) < 4.78 is 16.1. The Balaban J connectivity index is 1.09. The van der Waals surface area contributed by atoms with Gasteiger partial charge in [0.15, 0.2) is 0 Å². The van der Waals surface area contributed by atoms with Crippen LogP contribution >= 0.6 is 0 Å². The van der Waals surface area contributed by atoms with Crippen molar-refractivity contribution in [3.8, 4) is 62.2 Å². The summed E-state index contributed by atoms with van der Waals surface area (Å²) in [6.45, 7) is 14.2. The first-order valence-corrected chi connectivity index (χ1v) is 23.5. The Labute approximate surface area is 398 Å². The highest BCUT2D eigenvalue weighted by molar-refractivity contribution is 6.09. The Hall–Kier alpha value is -8.09. The molecule has 0 fully saturated rings. The quantitative estimate of drug-likeness (QED) is 0.164. The first-order chi connectivity index (χ1) is 33.0. The molecule has 68 heavy (non-hydrogen) atoms. The zero-order valence-corrected chi connectivity index (χ0v) is 39.3. The Morgan fingerprint density at radius 1 is 0.456 bits per heavy atom. The van der Waals surface area contributed by atoms with Crippen molar-refractivity contribution in [3.05, 3.63) is 205 Å². The third-order valence-corrected chi connectivity index (χ3v) is 13.6. The number of hydrogen-bond acceptors (Lipinski definition) is 5. The van der Waals surface area contributed by atoms with Gasteiger partial charge in [-0.15, -0.1) is 0 Å². The van der Waals surface area contributed by atoms with E-state index in [1.807, 2.05) is 12.3 Å². The van der Waals surface area contributed by atoms with Gasteiger partial charge in [0.1, 0.15) is 35.5 Å². The van der Waals surface area contributed by atoms with Gasteiger partial charge < -0.3 is 19.3 Å². The van der Waals surface area contributed by atoms with Gasteiger partial charge in [-0.1, -0.05) is 151 Å². The summed E-state index contributed by atoms with van der Waals surface area (Å²) >= 11 is 0. The average molecular weight is 885 g/mol. The fourth-order valence-electron chi connectivity index (χ4n) is 10.2. The van der Waals surface area contributed by atoms with E-state index in [-0.39, 0.29) is 10.8 Å². The van der Waals surface area contributed by atoms with E-state index in [9.17, 15) is 0 Å². The minimum absolute atomic E-state index is 0.0245. The summed E-state index contributed by atoms with van der Waals surface area (Å²) in [5.41, 5.74) is 15.3. The topological polar surface area (TPSA) is 42.8 Å². The third kappa shape index (κ3) is 7.07. The van der Waals surface area contributed by atoms with E-state index in [1.165, 1.54) is 11.1 Å². The van der Waals surface area contributed by atoms with Crippen LogP contribution in [0.25, 0.3) is 61.0 Å². The molecule has 0 aliphatic carbocycles. The molecule has 10 aromatic rings. The number of ether oxygens (including phenoxy) is 2. The fraction of sp³-hybridized carbons (Fsp3) is 0.145. The zero-order valence-electron chi connectivity index (χ0n) is 39.3. The number of aromatic nitrogens is 2. The number of hydrogen-bond donors (Lipinski definition) is 0. The number of anilines is 4. The molecular formula is C62H52N4O2. The molecule has 6 heteroatoms. The minimum Gasteiger partial charge on any atom is -0.457 e. The summed E-state index contributed by atoms with van der Waals surface area (Å²) in [5.74, 6) is 3.90. The Morgan fingerprint density at radius 2 is 1.13 bits per heavy atom. The van der Waals surface area contributed by atoms with Crippen LogP contribution in [0.3, 0.4) is 0 Å². The van der Waals surface area contributed by atoms with Crippen molar-refractivity contribution < 1.29 is 9.47 Å². The van der Waals surface area contributed by atoms with Crippen LogP contribution in [-0.4, -0.2) is 16.2 Å². The van der Waals surface area contributed by atoms with Gasteiger partial charge in [0.05, 0.1) is 28.1 Å². The number of rotatable bonds is 1. The summed E-state index contributed by atoms with van der Waals surface area (Å²) in [7, 11) is 0. The number of benzene rings is 8. The van der Waals surface area contributed by atoms with Crippen LogP contribution in [0.4, 0.5) is 22.7 Å². The van der Waals surface area contributed by atoms with Crippen LogP contribution < -0.4 is 19.3 Å². The smallest absolute Gasteiger partial charge is 0.137 e. The van der Waals surface area contributed by atoms with Crippen molar-refractivity contribution in [2.24, 2.45) is 0 Å². The first kappa shape index (κ1) is 41.3. The standard InChI is InChI=1S/C62H52N4O2/c1-61(2,3)42-17-13-16-41(34-42)47-22-15-23-51-50-21-8-12-27-58(50)68-44-30-28-40(29-31-44)52-38-63-59(37-53(52)62(4,5)6)66-54-24-9-7-20-48(54)49-33-32-46(36-57(49)66)67-45-19-14-18-43(35-45)64-39-65(60(47)51)56-26-11-10-25-55(56)64/h7-38H,39H2,1-6H3. The van der Waals surface area contributed by atoms with Gasteiger partial charge in [-0.05, 0) is 99.8 Å². The van der Waals surface area contributed by atoms with Crippen molar-refractivity contribution in [2.45, 2.75) is 52.4 Å². The predicted molar refractivity (Wildman–Crippen MR) is 281 cm³/mol. The molecule has 8 aromatic carbocycles. The highest BCUT2D eigenvalue weighted by Gasteiger charge is 2.32. The van der Waals surface area contributed by atoms with Gasteiger partial charge in [-0.3, -0.25) is 4.57 Å². The second-order valence-electron chi connectivity index (χ2n) is 20.1. The Kier molecular flexibility index (Phi) is 9.59. The molecule has 0 radical (unpaired) electrons. The number of nitrogens with zero attached hydrogens (tertiary/aromatic N) is 4. The van der Waals surface area contributed by atoms with Gasteiger partial charge >= 0.3 is 0 Å². The number of para-hydroxylation sites is 5. The number of pyridine rings is 1. The lowest BCUT2D eigenvalue weighted by Gasteiger charge is -2.28. The lowest BCUT2D eigenvalue weighted by molar-refractivity contribution is 0.483. The van der Waals surface area contributed by atoms with Crippen molar-refractivity contribution in [2.75, 3.05) is 16.5 Å². The van der Waals surface area contributed by atoms with E-state index in [2.05, 4.69) is 238 Å². The molecule has 0 N–H and O–H groups in total. The molecule has 0 amide bonds. The Bertz CT molecular complexity index is 3590. The molecule has 4 aliphatic heterocycles. The average Bonchev–Trinajstić information content (AvgIpc) is 3.89. The molecule has 0 unspecified atom stereocenters. The van der Waals surface area contributed by atoms with Crippen LogP contribution in [0.1, 0.15) is 52.7 Å². The predicted octanol–water partition coefficient (Wildman–Crippen LogP) is 16.9. The van der Waals surface area contributed by atoms with Crippen LogP contribution in [0.15, 0.2) is 194 Å². The summed E-state index contributed by atoms with van der Waals surface area (Å²) in [6, 6.07) is 67.1. The molecule has 10 bridgehead atoms. The highest BCUT2D eigenvalue weighted by atomic mass is 16.5. The van der Waals surface area contributed by atoms with E-state index < -0.39 is 0 Å². The fourth-order valence-corrected chi connectivity index (χ4v) is 10.2. The monoisotopic (exact) mass is 884 g/mol. The van der Waals surface area contributed by atoms with Gasteiger partial charge in [0.2, 0.25) is 0 Å². The zero-order chi connectivity index (χ0) is 46.3. The van der Waals surface area contributed by atoms with E-state index in [4.69, 9.17) is 14.5 Å². The molecule has 6 nitrogen and oxygen atoms in total. The lowest BCUT2D eigenvalue weighted by Crippen LogP contribution is -2.25. The highest BCUT2D eigenvalue weighted by Crippen LogP contribution is 2.52. The Morgan fingerprint density at radius 3 is 1.96 bits per heavy atom. The molecule has 0 saturated heterocycles. The van der Waals surface area contributed by atoms with Crippen LogP contribution in [0.2, 0.25) is 0 Å². The largest absolute Gasteiger partial charge is 0.457 e. The molecule has 4 aliphatic rings. The van der Waals surface area contributed by atoms with Crippen molar-refractivity contribution in [1.29, 1.82) is 0 Å². The van der Waals surface area contributed by atoms with Gasteiger partial charge in [-0.25, -0.2) is 4.98 Å². The SMILES string of the molecule is CC(C)(C)c1cccc(-c2cccc3c2N2CN(c4cccc(c4)Oc4ccc5c6ccccc6n(c5c4)-c4cc(C(C)(C)C)c(cn4)-c4ccc(cc4)Oc4ccccc4-3)c3ccccc32)c1. The maximum atomic E-state index is 6.95. The summed E-state index contributed by atoms with van der Waals surface area (Å²) in [4.78, 5) is 10.1. The van der Waals surface area contributed by atoms with E-state index >= 15 is 0 Å². The molecular weight excluding hydrogens is 833 g/mol. The van der Waals surface area contributed by atoms with Crippen LogP contribution in [0, 0.1) is 0 Å². The van der Waals surface area contributed by atoms with Crippen LogP contribution in [-0.2, 0) is 10.8 Å². The summed E-state index contributed by atoms with van der Waals surface area (Å²) in [6.07, 6.45) is 2.04. The van der Waals surface area contributed by atoms with Crippen molar-refractivity contribution in [3.63, 3.8) is 0 Å². The molecule has 14 rings (SSSR count). The molecule has 332 valence electrons. The molecule has 0 spiro atoms. The maximum absolute atomic E-state index is 6.95. The van der Waals surface area contributed by atoms with Crippen molar-refractivity contribution in [1.82, 2.24) is 9.55 Å². The van der Waals surface area contributed by atoms with Gasteiger partial charge in [0.25, 0.3) is 0 Å². The van der Waals surface area contributed by atoms with E-state index in [1.54, 1.807) is 0 Å². The second kappa shape index (κ2) is 15.8. The van der Waals surface area contributed by atoms with E-state index in [0.717, 1.165) is 107 Å². The van der Waals surface area contributed by atoms with Crippen molar-refractivity contribution >= 4 is 44.6 Å². The molecule has 0 atom stereocenters. The second-order valence-corrected chi connectivity index (χ2v) is 20.1. The van der Waals surface area contributed by atoms with Crippen LogP contribution in [0.5, 0.6) is 23.0 Å². The normalized spacial score (nSPS) is 13.3. The summed E-state index contributed by atoms with van der Waals surface area (Å²) in [5, 5.41) is 2.31. The van der Waals surface area contributed by atoms with Gasteiger partial charge in [0, 0.05) is 57.0 Å². The number of fused-ring (bicyclic) bond motifs is 5. The first-order valence-electron chi connectivity index (χ1n) is 23.5. The van der Waals surface area contributed by atoms with Gasteiger partial charge in [-0.2, -0.15) is 0 Å². The lowest BCUT2D eigenvalue weighted by atomic mass is 9.82. The molecule has 0 saturated carbocycles. The molecule has 6 heterocycles. The minimum atomic E-state index is -0.185. The molecule has 2 aromatic heterocycles. The third-order valence-electron chi connectivity index (χ3n) is 13.6.